The number of alkyl carbamates (subject to hydrolysis) is 2. The number of ether oxygens (including phenoxy) is 2. The van der Waals surface area contributed by atoms with Gasteiger partial charge in [-0.25, -0.2) is 9.59 Å². The number of nitrogens with one attached hydrogen (secondary N) is 3. The van der Waals surface area contributed by atoms with E-state index < -0.39 is 23.8 Å². The van der Waals surface area contributed by atoms with E-state index in [4.69, 9.17) is 9.47 Å². The Bertz CT molecular complexity index is 641. The molecule has 0 radical (unpaired) electrons. The Kier molecular flexibility index (Phi) is 9.27. The van der Waals surface area contributed by atoms with E-state index in [0.717, 1.165) is 5.56 Å². The Balaban J connectivity index is 2.32. The molecule has 8 nitrogen and oxygen atoms in total. The number of carbonyl (C=O) groups is 3. The van der Waals surface area contributed by atoms with Gasteiger partial charge in [0.25, 0.3) is 0 Å². The molecule has 28 heavy (non-hydrogen) atoms. The van der Waals surface area contributed by atoms with Crippen molar-refractivity contribution in [1.29, 1.82) is 0 Å². The normalized spacial score (nSPS) is 12.1. The van der Waals surface area contributed by atoms with Crippen molar-refractivity contribution in [3.05, 3.63) is 35.9 Å². The van der Waals surface area contributed by atoms with Crippen LogP contribution in [0.5, 0.6) is 0 Å². The molecule has 0 spiro atoms. The lowest BCUT2D eigenvalue weighted by atomic mass is 10.0. The van der Waals surface area contributed by atoms with Gasteiger partial charge in [-0.2, -0.15) is 0 Å². The zero-order valence-electron chi connectivity index (χ0n) is 17.2. The molecule has 156 valence electrons. The van der Waals surface area contributed by atoms with Gasteiger partial charge in [0.2, 0.25) is 5.91 Å². The first kappa shape index (κ1) is 23.3. The van der Waals surface area contributed by atoms with Crippen LogP contribution in [0.15, 0.2) is 30.3 Å². The summed E-state index contributed by atoms with van der Waals surface area (Å²) in [5.41, 5.74) is 0.241. The molecule has 0 bridgehead atoms. The van der Waals surface area contributed by atoms with E-state index in [1.54, 1.807) is 20.8 Å². The highest BCUT2D eigenvalue weighted by Crippen LogP contribution is 2.08. The lowest BCUT2D eigenvalue weighted by Gasteiger charge is -2.25. The van der Waals surface area contributed by atoms with E-state index in [-0.39, 0.29) is 31.5 Å². The number of hydrogen-bond donors (Lipinski definition) is 3. The van der Waals surface area contributed by atoms with Crippen molar-refractivity contribution >= 4 is 18.1 Å². The third-order valence-electron chi connectivity index (χ3n) is 3.53. The van der Waals surface area contributed by atoms with Gasteiger partial charge in [0.15, 0.2) is 0 Å². The summed E-state index contributed by atoms with van der Waals surface area (Å²) >= 11 is 0. The van der Waals surface area contributed by atoms with E-state index in [0.29, 0.717) is 0 Å². The van der Waals surface area contributed by atoms with Crippen LogP contribution >= 0.6 is 0 Å². The van der Waals surface area contributed by atoms with Gasteiger partial charge in [0, 0.05) is 13.1 Å². The fourth-order valence-corrected chi connectivity index (χ4v) is 2.20. The molecule has 3 N–H and O–H groups in total. The van der Waals surface area contributed by atoms with Gasteiger partial charge >= 0.3 is 12.2 Å². The van der Waals surface area contributed by atoms with Crippen LogP contribution < -0.4 is 16.0 Å². The van der Waals surface area contributed by atoms with Crippen LogP contribution in [0.1, 0.15) is 40.2 Å². The molecule has 1 aromatic rings. The molecule has 1 aromatic carbocycles. The summed E-state index contributed by atoms with van der Waals surface area (Å²) in [6.07, 6.45) is -1.21. The first-order chi connectivity index (χ1) is 13.1. The van der Waals surface area contributed by atoms with Gasteiger partial charge < -0.3 is 25.4 Å². The second-order valence-electron chi connectivity index (χ2n) is 7.65. The molecule has 3 amide bonds. The average Bonchev–Trinajstić information content (AvgIpc) is 2.60. The van der Waals surface area contributed by atoms with Crippen molar-refractivity contribution in [3.8, 4) is 0 Å². The molecule has 1 atom stereocenters. The van der Waals surface area contributed by atoms with Gasteiger partial charge in [0.1, 0.15) is 18.2 Å². The van der Waals surface area contributed by atoms with Gasteiger partial charge in [0.05, 0.1) is 0 Å². The van der Waals surface area contributed by atoms with Gasteiger partial charge in [-0.05, 0) is 32.3 Å². The maximum atomic E-state index is 12.3. The molecule has 0 saturated heterocycles. The predicted octanol–water partition coefficient (Wildman–Crippen LogP) is 2.58. The first-order valence-electron chi connectivity index (χ1n) is 9.30. The van der Waals surface area contributed by atoms with E-state index in [1.807, 2.05) is 44.2 Å². The first-order valence-corrected chi connectivity index (χ1v) is 9.30. The number of rotatable bonds is 8. The van der Waals surface area contributed by atoms with Crippen LogP contribution in [-0.4, -0.2) is 42.8 Å². The Morgan fingerprint density at radius 3 is 2.14 bits per heavy atom. The van der Waals surface area contributed by atoms with E-state index >= 15 is 0 Å². The zero-order valence-corrected chi connectivity index (χ0v) is 17.2. The van der Waals surface area contributed by atoms with E-state index in [9.17, 15) is 14.4 Å². The summed E-state index contributed by atoms with van der Waals surface area (Å²) in [5.74, 6) is -0.475. The molecule has 0 aliphatic heterocycles. The highest BCUT2D eigenvalue weighted by Gasteiger charge is 2.26. The van der Waals surface area contributed by atoms with Gasteiger partial charge in [-0.1, -0.05) is 44.2 Å². The SMILES string of the molecule is CC(C)[C@H](NC(=O)OC(C)(C)C)C(=O)NCCNC(=O)OCc1ccccc1. The highest BCUT2D eigenvalue weighted by atomic mass is 16.6. The monoisotopic (exact) mass is 393 g/mol. The number of amides is 3. The Morgan fingerprint density at radius 2 is 1.57 bits per heavy atom. The highest BCUT2D eigenvalue weighted by molar-refractivity contribution is 5.85. The van der Waals surface area contributed by atoms with Gasteiger partial charge in [-0.15, -0.1) is 0 Å². The van der Waals surface area contributed by atoms with E-state index in [2.05, 4.69) is 16.0 Å². The van der Waals surface area contributed by atoms with Crippen LogP contribution in [0.4, 0.5) is 9.59 Å². The summed E-state index contributed by atoms with van der Waals surface area (Å²) in [5, 5.41) is 7.82. The molecule has 0 heterocycles. The average molecular weight is 393 g/mol. The summed E-state index contributed by atoms with van der Waals surface area (Å²) < 4.78 is 10.3. The minimum Gasteiger partial charge on any atom is -0.445 e. The molecule has 0 aliphatic rings. The fourth-order valence-electron chi connectivity index (χ4n) is 2.20. The second-order valence-corrected chi connectivity index (χ2v) is 7.65. The maximum absolute atomic E-state index is 12.3. The lowest BCUT2D eigenvalue weighted by Crippen LogP contribution is -2.51. The molecule has 8 heteroatoms. The molecule has 0 saturated carbocycles. The lowest BCUT2D eigenvalue weighted by molar-refractivity contribution is -0.124. The summed E-state index contributed by atoms with van der Waals surface area (Å²) in [4.78, 5) is 35.9. The molecule has 0 fully saturated rings. The van der Waals surface area contributed by atoms with Crippen molar-refractivity contribution in [1.82, 2.24) is 16.0 Å². The largest absolute Gasteiger partial charge is 0.445 e. The molecular formula is C20H31N3O5. The summed E-state index contributed by atoms with van der Waals surface area (Å²) in [6.45, 7) is 9.48. The number of carbonyl (C=O) groups excluding carboxylic acids is 3. The van der Waals surface area contributed by atoms with Crippen LogP contribution in [0.2, 0.25) is 0 Å². The van der Waals surface area contributed by atoms with Crippen molar-refractivity contribution in [2.24, 2.45) is 5.92 Å². The van der Waals surface area contributed by atoms with Crippen molar-refractivity contribution < 1.29 is 23.9 Å². The minimum atomic E-state index is -0.736. The number of hydrogen-bond acceptors (Lipinski definition) is 5. The fraction of sp³-hybridized carbons (Fsp3) is 0.550. The predicted molar refractivity (Wildman–Crippen MR) is 106 cm³/mol. The summed E-state index contributed by atoms with van der Waals surface area (Å²) in [6, 6.07) is 8.59. The van der Waals surface area contributed by atoms with Crippen LogP contribution in [0.25, 0.3) is 0 Å². The standard InChI is InChI=1S/C20H31N3O5/c1-14(2)16(23-19(26)28-20(3,4)5)17(24)21-11-12-22-18(25)27-13-15-9-7-6-8-10-15/h6-10,14,16H,11-13H2,1-5H3,(H,21,24)(H,22,25)(H,23,26)/t16-/m0/s1. The summed E-state index contributed by atoms with van der Waals surface area (Å²) in [7, 11) is 0. The third kappa shape index (κ3) is 9.80. The molecule has 0 aliphatic carbocycles. The Morgan fingerprint density at radius 1 is 0.964 bits per heavy atom. The van der Waals surface area contributed by atoms with E-state index in [1.165, 1.54) is 0 Å². The third-order valence-corrected chi connectivity index (χ3v) is 3.53. The zero-order chi connectivity index (χ0) is 21.2. The van der Waals surface area contributed by atoms with Gasteiger partial charge in [-0.3, -0.25) is 4.79 Å². The topological polar surface area (TPSA) is 106 Å². The van der Waals surface area contributed by atoms with Crippen molar-refractivity contribution in [2.45, 2.75) is 52.9 Å². The maximum Gasteiger partial charge on any atom is 0.408 e. The number of benzene rings is 1. The Hall–Kier alpha value is -2.77. The van der Waals surface area contributed by atoms with Crippen LogP contribution in [0, 0.1) is 5.92 Å². The molecule has 1 rings (SSSR count). The van der Waals surface area contributed by atoms with Crippen LogP contribution in [0.3, 0.4) is 0 Å². The second kappa shape index (κ2) is 11.2. The molecule has 0 unspecified atom stereocenters. The minimum absolute atomic E-state index is 0.128. The van der Waals surface area contributed by atoms with Crippen molar-refractivity contribution in [3.63, 3.8) is 0 Å². The van der Waals surface area contributed by atoms with Crippen LogP contribution in [-0.2, 0) is 20.9 Å². The molecule has 0 aromatic heterocycles. The molecular weight excluding hydrogens is 362 g/mol. The smallest absolute Gasteiger partial charge is 0.408 e. The van der Waals surface area contributed by atoms with Crippen molar-refractivity contribution in [2.75, 3.05) is 13.1 Å². The quantitative estimate of drug-likeness (QED) is 0.589. The Labute approximate surface area is 166 Å².